The molecule has 3 heterocycles. The molecule has 262 valence electrons. The Hall–Kier alpha value is -6.79. The molecule has 11 rings (SSSR count). The highest BCUT2D eigenvalue weighted by Crippen LogP contribution is 2.47. The predicted octanol–water partition coefficient (Wildman–Crippen LogP) is 14.6. The molecule has 0 radical (unpaired) electrons. The number of thiophene rings is 2. The molecule has 0 N–H and O–H groups in total. The first-order valence-electron chi connectivity index (χ1n) is 18.7. The number of benzene rings is 8. The molecule has 3 aromatic heterocycles. The topological polar surface area (TPSA) is 38.7 Å². The number of nitrogens with zero attached hydrogens (tertiary/aromatic N) is 3. The van der Waals surface area contributed by atoms with E-state index in [2.05, 4.69) is 152 Å². The molecule has 0 aliphatic heterocycles. The fourth-order valence-electron chi connectivity index (χ4n) is 7.90. The van der Waals surface area contributed by atoms with Gasteiger partial charge >= 0.3 is 0 Å². The highest BCUT2D eigenvalue weighted by atomic mass is 32.1. The fourth-order valence-corrected chi connectivity index (χ4v) is 10.3. The van der Waals surface area contributed by atoms with Gasteiger partial charge in [0.15, 0.2) is 17.5 Å². The van der Waals surface area contributed by atoms with Crippen molar-refractivity contribution in [1.82, 2.24) is 15.0 Å². The minimum atomic E-state index is 0.661. The van der Waals surface area contributed by atoms with Crippen LogP contribution >= 0.6 is 22.7 Å². The lowest BCUT2D eigenvalue weighted by Gasteiger charge is -2.12. The molecule has 11 aromatic rings. The van der Waals surface area contributed by atoms with Gasteiger partial charge in [-0.1, -0.05) is 158 Å². The highest BCUT2D eigenvalue weighted by Gasteiger charge is 2.20. The van der Waals surface area contributed by atoms with E-state index in [1.54, 1.807) is 11.3 Å². The van der Waals surface area contributed by atoms with Gasteiger partial charge in [-0.2, -0.15) is 0 Å². The quantitative estimate of drug-likeness (QED) is 0.170. The Morgan fingerprint density at radius 1 is 0.286 bits per heavy atom. The van der Waals surface area contributed by atoms with Gasteiger partial charge in [0.25, 0.3) is 0 Å². The molecule has 8 aromatic carbocycles. The van der Waals surface area contributed by atoms with Crippen LogP contribution in [0.1, 0.15) is 0 Å². The maximum atomic E-state index is 5.11. The van der Waals surface area contributed by atoms with Crippen LogP contribution in [-0.4, -0.2) is 15.0 Å². The largest absolute Gasteiger partial charge is 0.208 e. The summed E-state index contributed by atoms with van der Waals surface area (Å²) in [7, 11) is 0. The average molecular weight is 750 g/mol. The van der Waals surface area contributed by atoms with Gasteiger partial charge in [-0.3, -0.25) is 0 Å². The minimum absolute atomic E-state index is 0.661. The van der Waals surface area contributed by atoms with Gasteiger partial charge in [-0.05, 0) is 63.7 Å². The molecule has 5 heteroatoms. The van der Waals surface area contributed by atoms with E-state index in [0.717, 1.165) is 16.7 Å². The minimum Gasteiger partial charge on any atom is -0.208 e. The lowest BCUT2D eigenvalue weighted by molar-refractivity contribution is 1.08. The molecular formula is C51H31N3S2. The fraction of sp³-hybridized carbons (Fsp3) is 0. The number of hydrogen-bond acceptors (Lipinski definition) is 5. The second kappa shape index (κ2) is 13.5. The van der Waals surface area contributed by atoms with E-state index in [0.29, 0.717) is 17.5 Å². The summed E-state index contributed by atoms with van der Waals surface area (Å²) in [5, 5.41) is 5.06. The predicted molar refractivity (Wildman–Crippen MR) is 238 cm³/mol. The van der Waals surface area contributed by atoms with Crippen molar-refractivity contribution in [2.24, 2.45) is 0 Å². The van der Waals surface area contributed by atoms with Crippen LogP contribution in [0.5, 0.6) is 0 Å². The highest BCUT2D eigenvalue weighted by molar-refractivity contribution is 7.26. The molecule has 0 saturated carbocycles. The Balaban J connectivity index is 1.11. The van der Waals surface area contributed by atoms with Crippen LogP contribution < -0.4 is 0 Å². The molecule has 0 spiro atoms. The zero-order valence-electron chi connectivity index (χ0n) is 30.1. The van der Waals surface area contributed by atoms with Crippen molar-refractivity contribution in [2.45, 2.75) is 0 Å². The zero-order valence-corrected chi connectivity index (χ0v) is 31.7. The lowest BCUT2D eigenvalue weighted by Crippen LogP contribution is -2.00. The molecular weight excluding hydrogens is 719 g/mol. The molecule has 0 amide bonds. The van der Waals surface area contributed by atoms with Gasteiger partial charge < -0.3 is 0 Å². The lowest BCUT2D eigenvalue weighted by atomic mass is 9.92. The Kier molecular flexibility index (Phi) is 7.87. The summed E-state index contributed by atoms with van der Waals surface area (Å²) in [5.41, 5.74) is 10.2. The summed E-state index contributed by atoms with van der Waals surface area (Å²) in [6, 6.07) is 66.9. The van der Waals surface area contributed by atoms with Crippen molar-refractivity contribution in [3.8, 4) is 67.5 Å². The Morgan fingerprint density at radius 2 is 0.804 bits per heavy atom. The molecule has 3 nitrogen and oxygen atoms in total. The van der Waals surface area contributed by atoms with Gasteiger partial charge in [0.2, 0.25) is 0 Å². The molecule has 0 unspecified atom stereocenters. The van der Waals surface area contributed by atoms with E-state index in [1.165, 1.54) is 73.7 Å². The van der Waals surface area contributed by atoms with Crippen LogP contribution in [0.4, 0.5) is 0 Å². The van der Waals surface area contributed by atoms with Crippen LogP contribution in [0.25, 0.3) is 108 Å². The van der Waals surface area contributed by atoms with E-state index in [1.807, 2.05) is 47.7 Å². The molecule has 0 bridgehead atoms. The third kappa shape index (κ3) is 5.60. The average Bonchev–Trinajstić information content (AvgIpc) is 3.86. The van der Waals surface area contributed by atoms with E-state index in [-0.39, 0.29) is 0 Å². The zero-order chi connectivity index (χ0) is 37.0. The van der Waals surface area contributed by atoms with Gasteiger partial charge in [0, 0.05) is 57.0 Å². The van der Waals surface area contributed by atoms with Crippen LogP contribution in [0.3, 0.4) is 0 Å². The van der Waals surface area contributed by atoms with Crippen LogP contribution in [0.2, 0.25) is 0 Å². The molecule has 0 saturated heterocycles. The van der Waals surface area contributed by atoms with Gasteiger partial charge in [-0.25, -0.2) is 15.0 Å². The first-order chi connectivity index (χ1) is 27.7. The summed E-state index contributed by atoms with van der Waals surface area (Å²) < 4.78 is 4.98. The summed E-state index contributed by atoms with van der Waals surface area (Å²) in [6.45, 7) is 0. The van der Waals surface area contributed by atoms with Crippen molar-refractivity contribution in [1.29, 1.82) is 0 Å². The van der Waals surface area contributed by atoms with Crippen LogP contribution in [0.15, 0.2) is 188 Å². The second-order valence-electron chi connectivity index (χ2n) is 13.9. The maximum absolute atomic E-state index is 5.11. The third-order valence-corrected chi connectivity index (χ3v) is 12.9. The smallest absolute Gasteiger partial charge is 0.165 e. The molecule has 56 heavy (non-hydrogen) atoms. The van der Waals surface area contributed by atoms with Crippen LogP contribution in [-0.2, 0) is 0 Å². The van der Waals surface area contributed by atoms with Crippen molar-refractivity contribution in [3.63, 3.8) is 0 Å². The third-order valence-electron chi connectivity index (χ3n) is 10.6. The van der Waals surface area contributed by atoms with Crippen molar-refractivity contribution >= 4 is 63.0 Å². The maximum Gasteiger partial charge on any atom is 0.165 e. The van der Waals surface area contributed by atoms with Crippen molar-refractivity contribution < 1.29 is 0 Å². The monoisotopic (exact) mass is 749 g/mol. The van der Waals surface area contributed by atoms with Crippen molar-refractivity contribution in [2.75, 3.05) is 0 Å². The normalized spacial score (nSPS) is 11.6. The van der Waals surface area contributed by atoms with E-state index < -0.39 is 0 Å². The first kappa shape index (κ1) is 32.6. The SMILES string of the molecule is c1ccc(-c2ccc(-c3cc(-c4cccc5sc6c(-c7nc(-c8ccccc8)nc(-c8ccccc8)n7)cccc6c45)cc4sc5ccccc5c34)cc2)cc1. The summed E-state index contributed by atoms with van der Waals surface area (Å²) in [6.07, 6.45) is 0. The summed E-state index contributed by atoms with van der Waals surface area (Å²) in [5.74, 6) is 1.99. The number of rotatable bonds is 6. The summed E-state index contributed by atoms with van der Waals surface area (Å²) in [4.78, 5) is 15.2. The Morgan fingerprint density at radius 3 is 1.52 bits per heavy atom. The number of hydrogen-bond donors (Lipinski definition) is 0. The second-order valence-corrected chi connectivity index (χ2v) is 16.1. The van der Waals surface area contributed by atoms with Gasteiger partial charge in [0.1, 0.15) is 0 Å². The Labute approximate surface area is 331 Å². The van der Waals surface area contributed by atoms with E-state index >= 15 is 0 Å². The van der Waals surface area contributed by atoms with E-state index in [4.69, 9.17) is 15.0 Å². The molecule has 0 aliphatic rings. The number of aromatic nitrogens is 3. The summed E-state index contributed by atoms with van der Waals surface area (Å²) >= 11 is 3.67. The molecule has 0 fully saturated rings. The first-order valence-corrected chi connectivity index (χ1v) is 20.3. The van der Waals surface area contributed by atoms with Gasteiger partial charge in [0.05, 0.1) is 0 Å². The Bertz CT molecular complexity index is 3170. The van der Waals surface area contributed by atoms with Crippen molar-refractivity contribution in [3.05, 3.63) is 188 Å². The van der Waals surface area contributed by atoms with Crippen LogP contribution in [0, 0.1) is 0 Å². The standard InChI is InChI=1S/C51H31N3S2/c1-4-14-32(15-5-1)33-26-28-34(29-27-33)42-30-37(31-45-47(42)39-20-10-11-24-43(39)55-45)38-21-13-25-44-46(38)40-22-12-23-41(48(40)56-44)51-53-49(35-16-6-2-7-17-35)52-50(54-51)36-18-8-3-9-19-36/h1-31H. The van der Waals surface area contributed by atoms with E-state index in [9.17, 15) is 0 Å². The van der Waals surface area contributed by atoms with Gasteiger partial charge in [-0.15, -0.1) is 22.7 Å². The number of fused-ring (bicyclic) bond motifs is 6. The molecule has 0 atom stereocenters. The molecule has 0 aliphatic carbocycles.